The molecule has 0 spiro atoms. The van der Waals surface area contributed by atoms with E-state index >= 15 is 0 Å². The van der Waals surface area contributed by atoms with Crippen LogP contribution in [0, 0.1) is 5.92 Å². The van der Waals surface area contributed by atoms with Gasteiger partial charge in [-0.1, -0.05) is 19.9 Å². The maximum absolute atomic E-state index is 11.4. The van der Waals surface area contributed by atoms with E-state index in [1.165, 1.54) is 11.3 Å². The van der Waals surface area contributed by atoms with Crippen LogP contribution >= 0.6 is 11.3 Å². The van der Waals surface area contributed by atoms with Gasteiger partial charge in [-0.15, -0.1) is 11.3 Å². The van der Waals surface area contributed by atoms with E-state index in [4.69, 9.17) is 0 Å². The molecule has 0 saturated carbocycles. The second-order valence-corrected chi connectivity index (χ2v) is 4.36. The largest absolute Gasteiger partial charge is 0.351 e. The van der Waals surface area contributed by atoms with Crippen LogP contribution in [0.1, 0.15) is 29.9 Å². The molecule has 3 heteroatoms. The molecule has 0 saturated heterocycles. The first-order valence-corrected chi connectivity index (χ1v) is 5.40. The van der Waals surface area contributed by atoms with Crippen molar-refractivity contribution >= 4 is 17.2 Å². The number of carbonyl (C=O) groups is 1. The highest BCUT2D eigenvalue weighted by Crippen LogP contribution is 2.07. The molecule has 1 N–H and O–H groups in total. The SMILES string of the molecule is CC(C)CCNC(=O)c1cccs1. The molecule has 0 fully saturated rings. The van der Waals surface area contributed by atoms with Crippen molar-refractivity contribution in [1.29, 1.82) is 0 Å². The molecule has 13 heavy (non-hydrogen) atoms. The number of amides is 1. The zero-order chi connectivity index (χ0) is 9.68. The average molecular weight is 197 g/mol. The third kappa shape index (κ3) is 3.59. The fourth-order valence-electron chi connectivity index (χ4n) is 0.969. The summed E-state index contributed by atoms with van der Waals surface area (Å²) in [4.78, 5) is 12.2. The molecule has 0 aliphatic carbocycles. The van der Waals surface area contributed by atoms with E-state index in [0.29, 0.717) is 5.92 Å². The Morgan fingerprint density at radius 1 is 1.62 bits per heavy atom. The average Bonchev–Trinajstić information content (AvgIpc) is 2.55. The van der Waals surface area contributed by atoms with Crippen LogP contribution in [0.2, 0.25) is 0 Å². The van der Waals surface area contributed by atoms with E-state index in [9.17, 15) is 4.79 Å². The number of hydrogen-bond donors (Lipinski definition) is 1. The van der Waals surface area contributed by atoms with Crippen molar-refractivity contribution in [3.05, 3.63) is 22.4 Å². The summed E-state index contributed by atoms with van der Waals surface area (Å²) in [7, 11) is 0. The van der Waals surface area contributed by atoms with E-state index in [0.717, 1.165) is 17.8 Å². The number of thiophene rings is 1. The molecule has 1 aromatic heterocycles. The van der Waals surface area contributed by atoms with Crippen LogP contribution in [-0.2, 0) is 0 Å². The Labute approximate surface area is 83.0 Å². The van der Waals surface area contributed by atoms with Crippen molar-refractivity contribution in [3.8, 4) is 0 Å². The van der Waals surface area contributed by atoms with Crippen molar-refractivity contribution in [2.24, 2.45) is 5.92 Å². The van der Waals surface area contributed by atoms with Crippen LogP contribution in [0.4, 0.5) is 0 Å². The van der Waals surface area contributed by atoms with Gasteiger partial charge in [0.15, 0.2) is 0 Å². The number of hydrogen-bond acceptors (Lipinski definition) is 2. The molecule has 1 aromatic rings. The summed E-state index contributed by atoms with van der Waals surface area (Å²) in [5, 5.41) is 4.80. The van der Waals surface area contributed by atoms with Crippen LogP contribution < -0.4 is 5.32 Å². The molecule has 0 bridgehead atoms. The summed E-state index contributed by atoms with van der Waals surface area (Å²) < 4.78 is 0. The second-order valence-electron chi connectivity index (χ2n) is 3.42. The molecule has 0 aromatic carbocycles. The van der Waals surface area contributed by atoms with Gasteiger partial charge in [-0.2, -0.15) is 0 Å². The molecule has 0 unspecified atom stereocenters. The standard InChI is InChI=1S/C10H15NOS/c1-8(2)5-6-11-10(12)9-4-3-7-13-9/h3-4,7-8H,5-6H2,1-2H3,(H,11,12). The normalized spacial score (nSPS) is 10.4. The highest BCUT2D eigenvalue weighted by molar-refractivity contribution is 7.12. The first-order valence-electron chi connectivity index (χ1n) is 4.52. The first kappa shape index (κ1) is 10.3. The van der Waals surface area contributed by atoms with Gasteiger partial charge in [0.1, 0.15) is 0 Å². The van der Waals surface area contributed by atoms with Crippen molar-refractivity contribution in [2.45, 2.75) is 20.3 Å². The number of rotatable bonds is 4. The van der Waals surface area contributed by atoms with Gasteiger partial charge in [0.25, 0.3) is 5.91 Å². The predicted octanol–water partition coefficient (Wildman–Crippen LogP) is 2.52. The van der Waals surface area contributed by atoms with E-state index in [2.05, 4.69) is 19.2 Å². The lowest BCUT2D eigenvalue weighted by atomic mass is 10.1. The lowest BCUT2D eigenvalue weighted by Crippen LogP contribution is -2.24. The molecule has 0 aliphatic heterocycles. The third-order valence-electron chi connectivity index (χ3n) is 1.75. The van der Waals surface area contributed by atoms with Gasteiger partial charge in [-0.25, -0.2) is 0 Å². The first-order chi connectivity index (χ1) is 6.20. The molecule has 0 atom stereocenters. The van der Waals surface area contributed by atoms with Crippen molar-refractivity contribution in [1.82, 2.24) is 5.32 Å². The summed E-state index contributed by atoms with van der Waals surface area (Å²) in [6.45, 7) is 5.07. The van der Waals surface area contributed by atoms with E-state index in [1.54, 1.807) is 0 Å². The molecule has 72 valence electrons. The Morgan fingerprint density at radius 3 is 2.92 bits per heavy atom. The molecule has 2 nitrogen and oxygen atoms in total. The Bertz CT molecular complexity index is 254. The van der Waals surface area contributed by atoms with Gasteiger partial charge in [-0.05, 0) is 23.8 Å². The van der Waals surface area contributed by atoms with Gasteiger partial charge in [0, 0.05) is 6.54 Å². The Morgan fingerprint density at radius 2 is 2.38 bits per heavy atom. The van der Waals surface area contributed by atoms with Crippen molar-refractivity contribution in [2.75, 3.05) is 6.54 Å². The molecule has 0 aliphatic rings. The fraction of sp³-hybridized carbons (Fsp3) is 0.500. The predicted molar refractivity (Wildman–Crippen MR) is 56.1 cm³/mol. The van der Waals surface area contributed by atoms with Gasteiger partial charge in [0.05, 0.1) is 4.88 Å². The smallest absolute Gasteiger partial charge is 0.261 e. The number of carbonyl (C=O) groups excluding carboxylic acids is 1. The van der Waals surface area contributed by atoms with Crippen LogP contribution in [0.25, 0.3) is 0 Å². The zero-order valence-corrected chi connectivity index (χ0v) is 8.86. The van der Waals surface area contributed by atoms with Crippen LogP contribution in [0.15, 0.2) is 17.5 Å². The summed E-state index contributed by atoms with van der Waals surface area (Å²) in [5.74, 6) is 0.694. The molecule has 1 heterocycles. The molecule has 1 rings (SSSR count). The minimum atomic E-state index is 0.0515. The van der Waals surface area contributed by atoms with E-state index in [-0.39, 0.29) is 5.91 Å². The maximum Gasteiger partial charge on any atom is 0.261 e. The van der Waals surface area contributed by atoms with Crippen LogP contribution in [0.5, 0.6) is 0 Å². The highest BCUT2D eigenvalue weighted by atomic mass is 32.1. The van der Waals surface area contributed by atoms with Gasteiger partial charge < -0.3 is 5.32 Å². The Hall–Kier alpha value is -0.830. The molecule has 1 amide bonds. The van der Waals surface area contributed by atoms with Crippen molar-refractivity contribution < 1.29 is 4.79 Å². The fourth-order valence-corrected chi connectivity index (χ4v) is 1.61. The topological polar surface area (TPSA) is 29.1 Å². The van der Waals surface area contributed by atoms with Gasteiger partial charge in [-0.3, -0.25) is 4.79 Å². The molecular formula is C10H15NOS. The summed E-state index contributed by atoms with van der Waals surface area (Å²) in [5.41, 5.74) is 0. The minimum absolute atomic E-state index is 0.0515. The summed E-state index contributed by atoms with van der Waals surface area (Å²) in [6.07, 6.45) is 1.04. The quantitative estimate of drug-likeness (QED) is 0.789. The Balaban J connectivity index is 2.27. The lowest BCUT2D eigenvalue weighted by Gasteiger charge is -2.05. The minimum Gasteiger partial charge on any atom is -0.351 e. The lowest BCUT2D eigenvalue weighted by molar-refractivity contribution is 0.0956. The molecule has 0 radical (unpaired) electrons. The Kier molecular flexibility index (Phi) is 3.96. The maximum atomic E-state index is 11.4. The third-order valence-corrected chi connectivity index (χ3v) is 2.62. The van der Waals surface area contributed by atoms with Gasteiger partial charge >= 0.3 is 0 Å². The van der Waals surface area contributed by atoms with Crippen LogP contribution in [-0.4, -0.2) is 12.5 Å². The number of nitrogens with one attached hydrogen (secondary N) is 1. The zero-order valence-electron chi connectivity index (χ0n) is 8.04. The van der Waals surface area contributed by atoms with Crippen molar-refractivity contribution in [3.63, 3.8) is 0 Å². The van der Waals surface area contributed by atoms with Crippen LogP contribution in [0.3, 0.4) is 0 Å². The highest BCUT2D eigenvalue weighted by Gasteiger charge is 2.04. The molecular weight excluding hydrogens is 182 g/mol. The monoisotopic (exact) mass is 197 g/mol. The van der Waals surface area contributed by atoms with Gasteiger partial charge in [0.2, 0.25) is 0 Å². The summed E-state index contributed by atoms with van der Waals surface area (Å²) >= 11 is 1.48. The van der Waals surface area contributed by atoms with E-state index < -0.39 is 0 Å². The van der Waals surface area contributed by atoms with E-state index in [1.807, 2.05) is 17.5 Å². The second kappa shape index (κ2) is 5.02. The summed E-state index contributed by atoms with van der Waals surface area (Å²) in [6, 6.07) is 3.73.